The average molecular weight is 359 g/mol. The van der Waals surface area contributed by atoms with E-state index >= 15 is 0 Å². The first-order valence-corrected chi connectivity index (χ1v) is 8.58. The molecule has 3 aromatic rings. The van der Waals surface area contributed by atoms with Crippen LogP contribution in [0.4, 0.5) is 5.69 Å². The van der Waals surface area contributed by atoms with Gasteiger partial charge in [-0.25, -0.2) is 4.79 Å². The van der Waals surface area contributed by atoms with Gasteiger partial charge in [0.25, 0.3) is 0 Å². The number of anilines is 1. The minimum absolute atomic E-state index is 0.0790. The number of nitrogens with one attached hydrogen (secondary N) is 1. The summed E-state index contributed by atoms with van der Waals surface area (Å²) in [5.74, 6) is -0.950. The van der Waals surface area contributed by atoms with E-state index in [1.807, 2.05) is 72.8 Å². The van der Waals surface area contributed by atoms with E-state index < -0.39 is 11.8 Å². The van der Waals surface area contributed by atoms with Crippen molar-refractivity contribution in [1.82, 2.24) is 0 Å². The number of esters is 1. The summed E-state index contributed by atoms with van der Waals surface area (Å²) in [6, 6.07) is 22.9. The molecule has 1 aliphatic rings. The molecule has 0 fully saturated rings. The molecule has 0 unspecified atom stereocenters. The van der Waals surface area contributed by atoms with Crippen LogP contribution in [0, 0.1) is 0 Å². The molecule has 0 saturated heterocycles. The molecule has 1 heterocycles. The molecule has 0 aromatic heterocycles. The lowest BCUT2D eigenvalue weighted by molar-refractivity contribution is -0.141. The maximum Gasteiger partial charge on any atom is 0.347 e. The van der Waals surface area contributed by atoms with Gasteiger partial charge < -0.3 is 14.8 Å². The Labute approximate surface area is 156 Å². The number of ether oxygens (including phenoxy) is 2. The van der Waals surface area contributed by atoms with E-state index in [1.54, 1.807) is 0 Å². The summed E-state index contributed by atoms with van der Waals surface area (Å²) in [4.78, 5) is 24.7. The topological polar surface area (TPSA) is 64.6 Å². The van der Waals surface area contributed by atoms with Crippen molar-refractivity contribution in [3.8, 4) is 0 Å². The number of rotatable bonds is 5. The first-order valence-electron chi connectivity index (χ1n) is 8.58. The third-order valence-corrected chi connectivity index (χ3v) is 4.33. The van der Waals surface area contributed by atoms with E-state index in [4.69, 9.17) is 9.47 Å². The van der Waals surface area contributed by atoms with Gasteiger partial charge in [0.1, 0.15) is 6.61 Å². The molecule has 134 valence electrons. The Balaban J connectivity index is 1.54. The van der Waals surface area contributed by atoms with E-state index in [1.165, 1.54) is 0 Å². The van der Waals surface area contributed by atoms with Crippen LogP contribution in [0.2, 0.25) is 0 Å². The van der Waals surface area contributed by atoms with Gasteiger partial charge in [-0.1, -0.05) is 60.7 Å². The van der Waals surface area contributed by atoms with Gasteiger partial charge in [-0.05, 0) is 28.5 Å². The number of ketones is 1. The lowest BCUT2D eigenvalue weighted by Gasteiger charge is -2.10. The van der Waals surface area contributed by atoms with Crippen LogP contribution in [0.3, 0.4) is 0 Å². The molecular weight excluding hydrogens is 342 g/mol. The van der Waals surface area contributed by atoms with Crippen molar-refractivity contribution in [2.45, 2.75) is 6.61 Å². The first-order chi connectivity index (χ1) is 13.2. The standard InChI is InChI=1S/C22H17NO4/c24-19-14-26-21(23-17-10-2-1-3-11-17)20(19)22(25)27-13-16-9-6-8-15-7-4-5-12-18(15)16/h1-12,23H,13-14H2. The highest BCUT2D eigenvalue weighted by atomic mass is 16.5. The summed E-state index contributed by atoms with van der Waals surface area (Å²) in [5.41, 5.74) is 1.52. The Morgan fingerprint density at radius 1 is 0.963 bits per heavy atom. The van der Waals surface area contributed by atoms with Crippen LogP contribution in [0.15, 0.2) is 84.3 Å². The zero-order chi connectivity index (χ0) is 18.6. The van der Waals surface area contributed by atoms with Gasteiger partial charge in [0.15, 0.2) is 12.2 Å². The van der Waals surface area contributed by atoms with Gasteiger partial charge in [0.2, 0.25) is 11.7 Å². The zero-order valence-electron chi connectivity index (χ0n) is 14.5. The van der Waals surface area contributed by atoms with Crippen molar-refractivity contribution in [3.63, 3.8) is 0 Å². The molecule has 0 radical (unpaired) electrons. The number of fused-ring (bicyclic) bond motifs is 1. The Morgan fingerprint density at radius 2 is 1.70 bits per heavy atom. The second-order valence-electron chi connectivity index (χ2n) is 6.12. The van der Waals surface area contributed by atoms with Crippen LogP contribution in [-0.2, 0) is 25.7 Å². The highest BCUT2D eigenvalue weighted by Crippen LogP contribution is 2.23. The van der Waals surface area contributed by atoms with E-state index in [-0.39, 0.29) is 24.7 Å². The van der Waals surface area contributed by atoms with Crippen LogP contribution >= 0.6 is 0 Å². The number of Topliss-reactive ketones (excluding diaryl/α,β-unsaturated/α-hetero) is 1. The van der Waals surface area contributed by atoms with Gasteiger partial charge in [0, 0.05) is 5.69 Å². The van der Waals surface area contributed by atoms with Gasteiger partial charge in [0.05, 0.1) is 0 Å². The molecule has 3 aromatic carbocycles. The largest absolute Gasteiger partial charge is 0.470 e. The Bertz CT molecular complexity index is 1040. The zero-order valence-corrected chi connectivity index (χ0v) is 14.5. The summed E-state index contributed by atoms with van der Waals surface area (Å²) in [6.45, 7) is -0.0938. The SMILES string of the molecule is O=C1COC(Nc2ccccc2)=C1C(=O)OCc1cccc2ccccc12. The molecule has 0 spiro atoms. The van der Waals surface area contributed by atoms with Crippen LogP contribution in [0.25, 0.3) is 10.8 Å². The van der Waals surface area contributed by atoms with Gasteiger partial charge in [-0.15, -0.1) is 0 Å². The molecule has 0 amide bonds. The summed E-state index contributed by atoms with van der Waals surface area (Å²) >= 11 is 0. The van der Waals surface area contributed by atoms with Crippen LogP contribution in [-0.4, -0.2) is 18.4 Å². The number of carbonyl (C=O) groups excluding carboxylic acids is 2. The van der Waals surface area contributed by atoms with E-state index in [0.29, 0.717) is 0 Å². The van der Waals surface area contributed by atoms with Crippen molar-refractivity contribution in [2.75, 3.05) is 11.9 Å². The fraction of sp³-hybridized carbons (Fsp3) is 0.0909. The molecule has 1 N–H and O–H groups in total. The number of hydrogen-bond acceptors (Lipinski definition) is 5. The molecule has 5 heteroatoms. The van der Waals surface area contributed by atoms with Crippen molar-refractivity contribution < 1.29 is 19.1 Å². The third kappa shape index (κ3) is 3.53. The molecule has 27 heavy (non-hydrogen) atoms. The van der Waals surface area contributed by atoms with Gasteiger partial charge in [-0.3, -0.25) is 4.79 Å². The van der Waals surface area contributed by atoms with Crippen molar-refractivity contribution in [3.05, 3.63) is 89.8 Å². The summed E-state index contributed by atoms with van der Waals surface area (Å²) in [6.07, 6.45) is 0. The minimum Gasteiger partial charge on any atom is -0.470 e. The smallest absolute Gasteiger partial charge is 0.347 e. The number of carbonyl (C=O) groups is 2. The molecule has 0 aliphatic carbocycles. The van der Waals surface area contributed by atoms with Crippen molar-refractivity contribution >= 4 is 28.2 Å². The van der Waals surface area contributed by atoms with Crippen LogP contribution in [0.1, 0.15) is 5.56 Å². The second kappa shape index (κ2) is 7.33. The minimum atomic E-state index is -0.691. The van der Waals surface area contributed by atoms with Gasteiger partial charge >= 0.3 is 5.97 Å². The van der Waals surface area contributed by atoms with E-state index in [2.05, 4.69) is 5.32 Å². The Kier molecular flexibility index (Phi) is 4.58. The fourth-order valence-corrected chi connectivity index (χ4v) is 3.00. The highest BCUT2D eigenvalue weighted by Gasteiger charge is 2.32. The summed E-state index contributed by atoms with van der Waals surface area (Å²) in [5, 5.41) is 5.04. The van der Waals surface area contributed by atoms with E-state index in [0.717, 1.165) is 22.0 Å². The molecule has 5 nitrogen and oxygen atoms in total. The molecule has 4 rings (SSSR count). The number of para-hydroxylation sites is 1. The average Bonchev–Trinajstić information content (AvgIpc) is 3.07. The summed E-state index contributed by atoms with van der Waals surface area (Å²) < 4.78 is 10.8. The maximum absolute atomic E-state index is 12.5. The highest BCUT2D eigenvalue weighted by molar-refractivity contribution is 6.19. The second-order valence-corrected chi connectivity index (χ2v) is 6.12. The monoisotopic (exact) mass is 359 g/mol. The quantitative estimate of drug-likeness (QED) is 0.554. The predicted molar refractivity (Wildman–Crippen MR) is 102 cm³/mol. The number of hydrogen-bond donors (Lipinski definition) is 1. The Morgan fingerprint density at radius 3 is 2.56 bits per heavy atom. The first kappa shape index (κ1) is 16.8. The molecule has 0 saturated carbocycles. The van der Waals surface area contributed by atoms with Gasteiger partial charge in [-0.2, -0.15) is 0 Å². The van der Waals surface area contributed by atoms with Crippen molar-refractivity contribution in [1.29, 1.82) is 0 Å². The molecular formula is C22H17NO4. The fourth-order valence-electron chi connectivity index (χ4n) is 3.00. The van der Waals surface area contributed by atoms with Crippen LogP contribution < -0.4 is 5.32 Å². The molecule has 0 bridgehead atoms. The van der Waals surface area contributed by atoms with E-state index in [9.17, 15) is 9.59 Å². The summed E-state index contributed by atoms with van der Waals surface area (Å²) in [7, 11) is 0. The third-order valence-electron chi connectivity index (χ3n) is 4.33. The maximum atomic E-state index is 12.5. The normalized spacial score (nSPS) is 13.6. The lowest BCUT2D eigenvalue weighted by Crippen LogP contribution is -2.16. The van der Waals surface area contributed by atoms with Crippen LogP contribution in [0.5, 0.6) is 0 Å². The Hall–Kier alpha value is -3.60. The number of benzene rings is 3. The predicted octanol–water partition coefficient (Wildman–Crippen LogP) is 3.81. The molecule has 1 aliphatic heterocycles. The van der Waals surface area contributed by atoms with Crippen molar-refractivity contribution in [2.24, 2.45) is 0 Å². The molecule has 0 atom stereocenters. The lowest BCUT2D eigenvalue weighted by atomic mass is 10.1.